The van der Waals surface area contributed by atoms with E-state index >= 15 is 0 Å². The molecule has 88 valence electrons. The van der Waals surface area contributed by atoms with Gasteiger partial charge in [-0.25, -0.2) is 0 Å². The minimum Gasteiger partial charge on any atom is -0.266 e. The van der Waals surface area contributed by atoms with E-state index in [1.165, 1.54) is 0 Å². The number of hydrogen-bond donors (Lipinski definition) is 0. The van der Waals surface area contributed by atoms with Gasteiger partial charge in [-0.15, -0.1) is 5.11 Å². The Bertz CT molecular complexity index is 615. The molecule has 2 aromatic rings. The Morgan fingerprint density at radius 1 is 1.11 bits per heavy atom. The van der Waals surface area contributed by atoms with Gasteiger partial charge in [0.2, 0.25) is 0 Å². The van der Waals surface area contributed by atoms with Gasteiger partial charge in [0.05, 0.1) is 0 Å². The minimum absolute atomic E-state index is 0.182. The van der Waals surface area contributed by atoms with Crippen molar-refractivity contribution < 1.29 is 4.79 Å². The fourth-order valence-corrected chi connectivity index (χ4v) is 2.63. The fourth-order valence-electron chi connectivity index (χ4n) is 1.97. The zero-order valence-electron chi connectivity index (χ0n) is 9.48. The van der Waals surface area contributed by atoms with Gasteiger partial charge in [0.1, 0.15) is 6.04 Å². The molecule has 1 aromatic heterocycles. The second kappa shape index (κ2) is 4.66. The van der Waals surface area contributed by atoms with Crippen LogP contribution < -0.4 is 0 Å². The van der Waals surface area contributed by atoms with Gasteiger partial charge in [-0.1, -0.05) is 30.3 Å². The van der Waals surface area contributed by atoms with Crippen LogP contribution in [0.1, 0.15) is 17.2 Å². The summed E-state index contributed by atoms with van der Waals surface area (Å²) in [5.41, 5.74) is 3.01. The van der Waals surface area contributed by atoms with Crippen molar-refractivity contribution in [2.75, 3.05) is 0 Å². The van der Waals surface area contributed by atoms with Crippen molar-refractivity contribution in [3.05, 3.63) is 64.4 Å². The highest BCUT2D eigenvalue weighted by Crippen LogP contribution is 2.36. The van der Waals surface area contributed by atoms with Gasteiger partial charge in [-0.2, -0.15) is 16.5 Å². The molecule has 1 aliphatic rings. The molecule has 0 saturated heterocycles. The van der Waals surface area contributed by atoms with E-state index in [0.717, 1.165) is 16.7 Å². The fraction of sp³-hybridized carbons (Fsp3) is 0.0714. The van der Waals surface area contributed by atoms with Crippen LogP contribution in [0.15, 0.2) is 63.5 Å². The second-order valence-electron chi connectivity index (χ2n) is 3.98. The number of rotatable bonds is 2. The van der Waals surface area contributed by atoms with Crippen molar-refractivity contribution in [1.29, 1.82) is 0 Å². The minimum atomic E-state index is -0.289. The lowest BCUT2D eigenvalue weighted by Crippen LogP contribution is -2.05. The van der Waals surface area contributed by atoms with Crippen LogP contribution in [0.4, 0.5) is 0 Å². The summed E-state index contributed by atoms with van der Waals surface area (Å²) in [7, 11) is 0. The van der Waals surface area contributed by atoms with Crippen molar-refractivity contribution in [2.45, 2.75) is 6.04 Å². The van der Waals surface area contributed by atoms with Gasteiger partial charge in [0.25, 0.3) is 5.91 Å². The highest BCUT2D eigenvalue weighted by atomic mass is 32.1. The SMILES string of the molecule is O=C1C=C(c2ccsc2)C(c2ccccc2)N=N1. The third kappa shape index (κ3) is 2.02. The molecule has 0 bridgehead atoms. The molecule has 0 N–H and O–H groups in total. The molecule has 3 rings (SSSR count). The Morgan fingerprint density at radius 2 is 1.94 bits per heavy atom. The number of benzene rings is 1. The number of azo groups is 1. The molecule has 0 saturated carbocycles. The Hall–Kier alpha value is -2.07. The van der Waals surface area contributed by atoms with E-state index in [4.69, 9.17) is 0 Å². The Kier molecular flexibility index (Phi) is 2.86. The van der Waals surface area contributed by atoms with E-state index in [2.05, 4.69) is 10.2 Å². The Labute approximate surface area is 109 Å². The highest BCUT2D eigenvalue weighted by molar-refractivity contribution is 7.08. The lowest BCUT2D eigenvalue weighted by Gasteiger charge is -2.17. The van der Waals surface area contributed by atoms with Crippen LogP contribution in [0.2, 0.25) is 0 Å². The number of amides is 1. The van der Waals surface area contributed by atoms with Crippen LogP contribution in [0.3, 0.4) is 0 Å². The lowest BCUT2D eigenvalue weighted by molar-refractivity contribution is -0.114. The average Bonchev–Trinajstić information content (AvgIpc) is 2.93. The maximum atomic E-state index is 11.4. The maximum absolute atomic E-state index is 11.4. The first-order valence-corrected chi connectivity index (χ1v) is 6.53. The van der Waals surface area contributed by atoms with Crippen molar-refractivity contribution in [3.8, 4) is 0 Å². The van der Waals surface area contributed by atoms with E-state index in [1.54, 1.807) is 17.4 Å². The molecule has 0 spiro atoms. The first kappa shape index (κ1) is 11.0. The molecule has 1 aliphatic heterocycles. The third-order valence-electron chi connectivity index (χ3n) is 2.82. The molecular weight excluding hydrogens is 244 g/mol. The van der Waals surface area contributed by atoms with E-state index in [0.29, 0.717) is 0 Å². The number of carbonyl (C=O) groups is 1. The van der Waals surface area contributed by atoms with Gasteiger partial charge >= 0.3 is 0 Å². The van der Waals surface area contributed by atoms with E-state index in [1.807, 2.05) is 47.2 Å². The molecular formula is C14H10N2OS. The van der Waals surface area contributed by atoms with Crippen LogP contribution in [0, 0.1) is 0 Å². The van der Waals surface area contributed by atoms with Gasteiger partial charge in [-0.3, -0.25) is 4.79 Å². The monoisotopic (exact) mass is 254 g/mol. The molecule has 0 fully saturated rings. The number of thiophene rings is 1. The van der Waals surface area contributed by atoms with Crippen LogP contribution in [0.25, 0.3) is 5.57 Å². The summed E-state index contributed by atoms with van der Waals surface area (Å²) < 4.78 is 0. The van der Waals surface area contributed by atoms with Crippen molar-refractivity contribution in [3.63, 3.8) is 0 Å². The first-order valence-electron chi connectivity index (χ1n) is 5.58. The summed E-state index contributed by atoms with van der Waals surface area (Å²) in [4.78, 5) is 11.4. The Morgan fingerprint density at radius 3 is 2.67 bits per heavy atom. The van der Waals surface area contributed by atoms with E-state index in [-0.39, 0.29) is 11.9 Å². The highest BCUT2D eigenvalue weighted by Gasteiger charge is 2.22. The summed E-state index contributed by atoms with van der Waals surface area (Å²) in [6, 6.07) is 11.7. The number of hydrogen-bond acceptors (Lipinski definition) is 3. The van der Waals surface area contributed by atoms with Gasteiger partial charge in [0, 0.05) is 6.08 Å². The topological polar surface area (TPSA) is 41.8 Å². The van der Waals surface area contributed by atoms with Gasteiger partial charge in [0.15, 0.2) is 0 Å². The van der Waals surface area contributed by atoms with E-state index < -0.39 is 0 Å². The Balaban J connectivity index is 2.06. The standard InChI is InChI=1S/C14H10N2OS/c17-13-8-12(11-6-7-18-9-11)14(16-15-13)10-4-2-1-3-5-10/h1-9,14H. The quantitative estimate of drug-likeness (QED) is 0.802. The normalized spacial score (nSPS) is 18.8. The molecule has 1 unspecified atom stereocenters. The van der Waals surface area contributed by atoms with Gasteiger partial charge in [-0.05, 0) is 33.5 Å². The average molecular weight is 254 g/mol. The van der Waals surface area contributed by atoms with E-state index in [9.17, 15) is 4.79 Å². The largest absolute Gasteiger partial charge is 0.288 e. The second-order valence-corrected chi connectivity index (χ2v) is 4.76. The van der Waals surface area contributed by atoms with Gasteiger partial charge < -0.3 is 0 Å². The zero-order chi connectivity index (χ0) is 12.4. The zero-order valence-corrected chi connectivity index (χ0v) is 10.3. The molecule has 1 amide bonds. The number of nitrogens with zero attached hydrogens (tertiary/aromatic N) is 2. The van der Waals surface area contributed by atoms with Crippen molar-refractivity contribution in [2.24, 2.45) is 10.2 Å². The molecule has 1 aromatic carbocycles. The summed E-state index contributed by atoms with van der Waals surface area (Å²) in [5, 5.41) is 11.8. The molecule has 1 atom stereocenters. The molecule has 0 aliphatic carbocycles. The maximum Gasteiger partial charge on any atom is 0.288 e. The molecule has 0 radical (unpaired) electrons. The predicted molar refractivity (Wildman–Crippen MR) is 71.3 cm³/mol. The summed E-state index contributed by atoms with van der Waals surface area (Å²) in [5.74, 6) is -0.289. The summed E-state index contributed by atoms with van der Waals surface area (Å²) in [6.07, 6.45) is 1.58. The molecule has 2 heterocycles. The van der Waals surface area contributed by atoms with Crippen LogP contribution in [0.5, 0.6) is 0 Å². The number of carbonyl (C=O) groups excluding carboxylic acids is 1. The lowest BCUT2D eigenvalue weighted by atomic mass is 9.94. The van der Waals surface area contributed by atoms with Crippen molar-refractivity contribution in [1.82, 2.24) is 0 Å². The van der Waals surface area contributed by atoms with Crippen LogP contribution in [-0.4, -0.2) is 5.91 Å². The van der Waals surface area contributed by atoms with Crippen LogP contribution in [-0.2, 0) is 4.79 Å². The first-order chi connectivity index (χ1) is 8.84. The molecule has 18 heavy (non-hydrogen) atoms. The summed E-state index contributed by atoms with van der Waals surface area (Å²) >= 11 is 1.61. The molecule has 4 heteroatoms. The molecule has 3 nitrogen and oxygen atoms in total. The van der Waals surface area contributed by atoms with Crippen LogP contribution >= 0.6 is 11.3 Å². The summed E-state index contributed by atoms with van der Waals surface area (Å²) in [6.45, 7) is 0. The smallest absolute Gasteiger partial charge is 0.266 e. The third-order valence-corrected chi connectivity index (χ3v) is 3.50. The van der Waals surface area contributed by atoms with Crippen molar-refractivity contribution >= 4 is 22.8 Å². The predicted octanol–water partition coefficient (Wildman–Crippen LogP) is 3.87.